The molecule has 4 heteroatoms. The fourth-order valence-electron chi connectivity index (χ4n) is 1.25. The Labute approximate surface area is 97.7 Å². The average molecular weight is 276 g/mol. The largest absolute Gasteiger partial charge is 0.493 e. The van der Waals surface area contributed by atoms with Gasteiger partial charge < -0.3 is 10.5 Å². The quantitative estimate of drug-likeness (QED) is 0.838. The Morgan fingerprint density at radius 2 is 2.27 bits per heavy atom. The van der Waals surface area contributed by atoms with Crippen LogP contribution in [0.1, 0.15) is 24.9 Å². The number of rotatable bonds is 5. The van der Waals surface area contributed by atoms with Crippen LogP contribution in [0.3, 0.4) is 0 Å². The zero-order valence-corrected chi connectivity index (χ0v) is 10.3. The number of hydrogen-bond donors (Lipinski definition) is 1. The van der Waals surface area contributed by atoms with Crippen molar-refractivity contribution < 1.29 is 9.13 Å². The zero-order valence-electron chi connectivity index (χ0n) is 8.67. The van der Waals surface area contributed by atoms with Crippen LogP contribution in [-0.4, -0.2) is 13.3 Å². The lowest BCUT2D eigenvalue weighted by Crippen LogP contribution is -2.08. The lowest BCUT2D eigenvalue weighted by Gasteiger charge is -2.13. The second-order valence-corrected chi connectivity index (χ2v) is 4.28. The predicted octanol–water partition coefficient (Wildman–Crippen LogP) is 3.21. The van der Waals surface area contributed by atoms with Gasteiger partial charge in [0.25, 0.3) is 0 Å². The first-order chi connectivity index (χ1) is 7.15. The molecule has 1 aromatic carbocycles. The summed E-state index contributed by atoms with van der Waals surface area (Å²) in [5.41, 5.74) is 6.74. The van der Waals surface area contributed by atoms with Gasteiger partial charge >= 0.3 is 0 Å². The van der Waals surface area contributed by atoms with Crippen molar-refractivity contribution in [2.75, 3.05) is 13.3 Å². The highest BCUT2D eigenvalue weighted by molar-refractivity contribution is 9.10. The maximum absolute atomic E-state index is 11.9. The van der Waals surface area contributed by atoms with Gasteiger partial charge in [0.15, 0.2) is 0 Å². The Hall–Kier alpha value is -0.610. The fourth-order valence-corrected chi connectivity index (χ4v) is 1.59. The maximum Gasteiger partial charge on any atom is 0.125 e. The van der Waals surface area contributed by atoms with Crippen LogP contribution in [0.5, 0.6) is 5.75 Å². The van der Waals surface area contributed by atoms with Crippen LogP contribution in [0.15, 0.2) is 22.7 Å². The number of nitrogens with two attached hydrogens (primary N) is 1. The zero-order chi connectivity index (χ0) is 11.3. The fraction of sp³-hybridized carbons (Fsp3) is 0.455. The molecule has 15 heavy (non-hydrogen) atoms. The number of halogens is 2. The van der Waals surface area contributed by atoms with Crippen LogP contribution in [-0.2, 0) is 0 Å². The first-order valence-corrected chi connectivity index (χ1v) is 5.68. The molecule has 1 rings (SSSR count). The highest BCUT2D eigenvalue weighted by Crippen LogP contribution is 2.27. The summed E-state index contributed by atoms with van der Waals surface area (Å²) in [6.07, 6.45) is 0.408. The van der Waals surface area contributed by atoms with E-state index in [0.29, 0.717) is 13.0 Å². The first kappa shape index (κ1) is 12.5. The molecule has 0 unspecified atom stereocenters. The third-order valence-electron chi connectivity index (χ3n) is 2.00. The van der Waals surface area contributed by atoms with E-state index in [0.717, 1.165) is 15.8 Å². The number of ether oxygens (including phenoxy) is 1. The molecular formula is C11H15BrFNO. The summed E-state index contributed by atoms with van der Waals surface area (Å²) in [7, 11) is 0. The van der Waals surface area contributed by atoms with Gasteiger partial charge in [-0.15, -0.1) is 0 Å². The van der Waals surface area contributed by atoms with E-state index in [1.54, 1.807) is 0 Å². The van der Waals surface area contributed by atoms with Crippen molar-refractivity contribution in [3.05, 3.63) is 28.2 Å². The molecule has 2 nitrogen and oxygen atoms in total. The normalized spacial score (nSPS) is 12.5. The molecule has 0 amide bonds. The molecule has 0 aliphatic carbocycles. The van der Waals surface area contributed by atoms with Crippen LogP contribution >= 0.6 is 15.9 Å². The van der Waals surface area contributed by atoms with Crippen molar-refractivity contribution in [2.45, 2.75) is 19.4 Å². The van der Waals surface area contributed by atoms with Crippen molar-refractivity contribution in [1.82, 2.24) is 0 Å². The summed E-state index contributed by atoms with van der Waals surface area (Å²) in [5.74, 6) is 0.729. The topological polar surface area (TPSA) is 35.2 Å². The molecule has 84 valence electrons. The van der Waals surface area contributed by atoms with Gasteiger partial charge in [0.2, 0.25) is 0 Å². The Kier molecular flexibility index (Phi) is 5.05. The van der Waals surface area contributed by atoms with Gasteiger partial charge in [-0.3, -0.25) is 4.39 Å². The van der Waals surface area contributed by atoms with E-state index >= 15 is 0 Å². The smallest absolute Gasteiger partial charge is 0.125 e. The van der Waals surface area contributed by atoms with Gasteiger partial charge in [-0.2, -0.15) is 0 Å². The molecule has 1 aromatic rings. The number of hydrogen-bond acceptors (Lipinski definition) is 2. The van der Waals surface area contributed by atoms with Gasteiger partial charge in [0, 0.05) is 22.5 Å². The van der Waals surface area contributed by atoms with E-state index in [4.69, 9.17) is 10.5 Å². The average Bonchev–Trinajstić information content (AvgIpc) is 2.18. The van der Waals surface area contributed by atoms with Crippen molar-refractivity contribution >= 4 is 15.9 Å². The van der Waals surface area contributed by atoms with Gasteiger partial charge in [0.1, 0.15) is 5.75 Å². The highest BCUT2D eigenvalue weighted by atomic mass is 79.9. The molecule has 0 heterocycles. The van der Waals surface area contributed by atoms with Gasteiger partial charge in [-0.05, 0) is 19.1 Å². The molecular weight excluding hydrogens is 261 g/mol. The first-order valence-electron chi connectivity index (χ1n) is 4.89. The van der Waals surface area contributed by atoms with Gasteiger partial charge in [0.05, 0.1) is 13.3 Å². The monoisotopic (exact) mass is 275 g/mol. The SMILES string of the molecule is C[C@@H](N)c1ccc(Br)cc1OCCCF. The van der Waals surface area contributed by atoms with Crippen molar-refractivity contribution in [1.29, 1.82) is 0 Å². The molecule has 0 fully saturated rings. The van der Waals surface area contributed by atoms with Crippen LogP contribution in [0.4, 0.5) is 4.39 Å². The summed E-state index contributed by atoms with van der Waals surface area (Å²) in [6, 6.07) is 5.61. The van der Waals surface area contributed by atoms with Crippen molar-refractivity contribution in [3.63, 3.8) is 0 Å². The Bertz CT molecular complexity index is 317. The Morgan fingerprint density at radius 1 is 1.53 bits per heavy atom. The van der Waals surface area contributed by atoms with Crippen molar-refractivity contribution in [2.24, 2.45) is 5.73 Å². The van der Waals surface area contributed by atoms with Crippen LogP contribution in [0.25, 0.3) is 0 Å². The van der Waals surface area contributed by atoms with E-state index in [9.17, 15) is 4.39 Å². The van der Waals surface area contributed by atoms with Crippen molar-refractivity contribution in [3.8, 4) is 5.75 Å². The minimum Gasteiger partial charge on any atom is -0.493 e. The van der Waals surface area contributed by atoms with E-state index < -0.39 is 0 Å². The third kappa shape index (κ3) is 3.80. The molecule has 2 N–H and O–H groups in total. The summed E-state index contributed by atoms with van der Waals surface area (Å²) in [4.78, 5) is 0. The third-order valence-corrected chi connectivity index (χ3v) is 2.49. The second kappa shape index (κ2) is 6.08. The molecule has 0 aromatic heterocycles. The van der Waals surface area contributed by atoms with E-state index in [2.05, 4.69) is 15.9 Å². The summed E-state index contributed by atoms with van der Waals surface area (Å²) >= 11 is 3.36. The number of alkyl halides is 1. The summed E-state index contributed by atoms with van der Waals surface area (Å²) < 4.78 is 18.3. The standard InChI is InChI=1S/C11H15BrFNO/c1-8(14)10-4-3-9(12)7-11(10)15-6-2-5-13/h3-4,7-8H,2,5-6,14H2,1H3/t8-/m1/s1. The summed E-state index contributed by atoms with van der Waals surface area (Å²) in [5, 5.41) is 0. The Morgan fingerprint density at radius 3 is 2.87 bits per heavy atom. The predicted molar refractivity (Wildman–Crippen MR) is 62.8 cm³/mol. The molecule has 0 bridgehead atoms. The van der Waals surface area contributed by atoms with Crippen LogP contribution < -0.4 is 10.5 Å². The van der Waals surface area contributed by atoms with E-state index in [1.165, 1.54) is 0 Å². The number of benzene rings is 1. The molecule has 0 aliphatic heterocycles. The van der Waals surface area contributed by atoms with E-state index in [1.807, 2.05) is 25.1 Å². The van der Waals surface area contributed by atoms with Crippen LogP contribution in [0, 0.1) is 0 Å². The van der Waals surface area contributed by atoms with Crippen LogP contribution in [0.2, 0.25) is 0 Å². The van der Waals surface area contributed by atoms with E-state index in [-0.39, 0.29) is 12.7 Å². The second-order valence-electron chi connectivity index (χ2n) is 3.36. The molecule has 0 saturated carbocycles. The van der Waals surface area contributed by atoms with Gasteiger partial charge in [-0.25, -0.2) is 0 Å². The maximum atomic E-state index is 11.9. The molecule has 1 atom stereocenters. The lowest BCUT2D eigenvalue weighted by molar-refractivity contribution is 0.286. The molecule has 0 saturated heterocycles. The lowest BCUT2D eigenvalue weighted by atomic mass is 10.1. The molecule has 0 spiro atoms. The minimum absolute atomic E-state index is 0.0847. The summed E-state index contributed by atoms with van der Waals surface area (Å²) in [6.45, 7) is 1.92. The molecule has 0 aliphatic rings. The molecule has 0 radical (unpaired) electrons. The Balaban J connectivity index is 2.77. The van der Waals surface area contributed by atoms with Gasteiger partial charge in [-0.1, -0.05) is 22.0 Å². The highest BCUT2D eigenvalue weighted by Gasteiger charge is 2.08. The minimum atomic E-state index is -0.360.